The van der Waals surface area contributed by atoms with Crippen LogP contribution in [-0.2, 0) is 6.42 Å². The van der Waals surface area contributed by atoms with Crippen LogP contribution in [0.4, 0.5) is 0 Å². The molecule has 1 aromatic heterocycles. The standard InChI is InChI=1S/C18H20N4O2/c1-3-4-8-14-16-15(11-6-5-7-12(9-11)23-2)13(10-19)17(20)24-18(16)22-21-14/h5-7,9,15H,3-4,8,20H2,1-2H3,(H,21,22). The monoisotopic (exact) mass is 324 g/mol. The molecule has 1 atom stereocenters. The van der Waals surface area contributed by atoms with Crippen molar-refractivity contribution in [2.75, 3.05) is 7.11 Å². The number of fused-ring (bicyclic) bond motifs is 1. The van der Waals surface area contributed by atoms with E-state index in [-0.39, 0.29) is 11.8 Å². The van der Waals surface area contributed by atoms with Crippen LogP contribution in [0.25, 0.3) is 0 Å². The molecule has 0 saturated heterocycles. The van der Waals surface area contributed by atoms with Gasteiger partial charge in [0.05, 0.1) is 13.0 Å². The third kappa shape index (κ3) is 2.69. The van der Waals surface area contributed by atoms with Gasteiger partial charge < -0.3 is 15.2 Å². The van der Waals surface area contributed by atoms with Crippen LogP contribution >= 0.6 is 0 Å². The van der Waals surface area contributed by atoms with Crippen molar-refractivity contribution in [2.45, 2.75) is 32.1 Å². The molecule has 1 aliphatic rings. The first-order valence-electron chi connectivity index (χ1n) is 7.98. The first kappa shape index (κ1) is 15.9. The Balaban J connectivity index is 2.14. The Kier molecular flexibility index (Phi) is 4.43. The van der Waals surface area contributed by atoms with Crippen molar-refractivity contribution in [1.29, 1.82) is 5.26 Å². The highest BCUT2D eigenvalue weighted by atomic mass is 16.5. The average Bonchev–Trinajstić information content (AvgIpc) is 3.01. The van der Waals surface area contributed by atoms with Gasteiger partial charge >= 0.3 is 0 Å². The molecule has 6 nitrogen and oxygen atoms in total. The number of methoxy groups -OCH3 is 1. The van der Waals surface area contributed by atoms with E-state index >= 15 is 0 Å². The number of nitrogens with two attached hydrogens (primary N) is 1. The number of hydrogen-bond donors (Lipinski definition) is 2. The molecule has 0 saturated carbocycles. The normalized spacial score (nSPS) is 16.3. The minimum atomic E-state index is -0.306. The number of rotatable bonds is 5. The summed E-state index contributed by atoms with van der Waals surface area (Å²) in [5.74, 6) is 0.978. The van der Waals surface area contributed by atoms with Crippen LogP contribution in [0.15, 0.2) is 35.7 Å². The zero-order valence-electron chi connectivity index (χ0n) is 13.8. The Labute approximate surface area is 140 Å². The van der Waals surface area contributed by atoms with Crippen molar-refractivity contribution in [3.8, 4) is 17.7 Å². The summed E-state index contributed by atoms with van der Waals surface area (Å²) in [5, 5.41) is 16.9. The quantitative estimate of drug-likeness (QED) is 0.881. The van der Waals surface area contributed by atoms with Crippen LogP contribution in [0.1, 0.15) is 42.5 Å². The van der Waals surface area contributed by atoms with Gasteiger partial charge in [-0.15, -0.1) is 5.10 Å². The molecule has 1 aromatic carbocycles. The van der Waals surface area contributed by atoms with Crippen LogP contribution in [0.3, 0.4) is 0 Å². The van der Waals surface area contributed by atoms with Crippen LogP contribution < -0.4 is 15.2 Å². The van der Waals surface area contributed by atoms with Crippen LogP contribution in [0, 0.1) is 11.3 Å². The average molecular weight is 324 g/mol. The molecule has 0 bridgehead atoms. The Morgan fingerprint density at radius 2 is 2.29 bits per heavy atom. The van der Waals surface area contributed by atoms with Crippen molar-refractivity contribution in [1.82, 2.24) is 10.2 Å². The molecular weight excluding hydrogens is 304 g/mol. The number of nitrogens with one attached hydrogen (secondary N) is 1. The molecule has 2 heterocycles. The molecule has 24 heavy (non-hydrogen) atoms. The first-order valence-corrected chi connectivity index (χ1v) is 7.98. The maximum atomic E-state index is 9.62. The number of H-pyrrole nitrogens is 1. The number of aromatic amines is 1. The number of aromatic nitrogens is 2. The number of nitriles is 1. The highest BCUT2D eigenvalue weighted by molar-refractivity contribution is 5.55. The van der Waals surface area contributed by atoms with Gasteiger partial charge in [-0.3, -0.25) is 5.10 Å². The molecule has 0 aliphatic carbocycles. The van der Waals surface area contributed by atoms with E-state index in [1.165, 1.54) is 0 Å². The zero-order valence-corrected chi connectivity index (χ0v) is 13.8. The molecule has 0 radical (unpaired) electrons. The number of nitrogens with zero attached hydrogens (tertiary/aromatic N) is 2. The summed E-state index contributed by atoms with van der Waals surface area (Å²) in [6.45, 7) is 2.14. The van der Waals surface area contributed by atoms with Gasteiger partial charge in [0.15, 0.2) is 0 Å². The van der Waals surface area contributed by atoms with Crippen molar-refractivity contribution in [2.24, 2.45) is 5.73 Å². The lowest BCUT2D eigenvalue weighted by atomic mass is 9.83. The van der Waals surface area contributed by atoms with E-state index < -0.39 is 0 Å². The summed E-state index contributed by atoms with van der Waals surface area (Å²) in [7, 11) is 1.62. The SMILES string of the molecule is CCCCc1[nH]nc2c1C(c1cccc(OC)c1)C(C#N)=C(N)O2. The second kappa shape index (κ2) is 6.67. The molecule has 0 spiro atoms. The molecule has 3 rings (SSSR count). The summed E-state index contributed by atoms with van der Waals surface area (Å²) in [4.78, 5) is 0. The third-order valence-electron chi connectivity index (χ3n) is 4.23. The first-order chi connectivity index (χ1) is 11.7. The van der Waals surface area contributed by atoms with E-state index in [0.717, 1.165) is 41.8 Å². The lowest BCUT2D eigenvalue weighted by Crippen LogP contribution is -2.21. The van der Waals surface area contributed by atoms with Crippen LogP contribution in [0.2, 0.25) is 0 Å². The van der Waals surface area contributed by atoms with Gasteiger partial charge in [0, 0.05) is 11.3 Å². The number of ether oxygens (including phenoxy) is 2. The number of allylic oxidation sites excluding steroid dienone is 1. The Bertz CT molecular complexity index is 817. The van der Waals surface area contributed by atoms with Crippen LogP contribution in [0.5, 0.6) is 11.6 Å². The van der Waals surface area contributed by atoms with E-state index in [1.54, 1.807) is 7.11 Å². The number of aryl methyl sites for hydroxylation is 1. The van der Waals surface area contributed by atoms with E-state index in [9.17, 15) is 5.26 Å². The van der Waals surface area contributed by atoms with Crippen LogP contribution in [-0.4, -0.2) is 17.3 Å². The summed E-state index contributed by atoms with van der Waals surface area (Å²) < 4.78 is 10.9. The van der Waals surface area contributed by atoms with Gasteiger partial charge in [0.25, 0.3) is 0 Å². The van der Waals surface area contributed by atoms with Gasteiger partial charge in [-0.1, -0.05) is 25.5 Å². The fraction of sp³-hybridized carbons (Fsp3) is 0.333. The lowest BCUT2D eigenvalue weighted by Gasteiger charge is -2.24. The van der Waals surface area contributed by atoms with Gasteiger partial charge in [-0.05, 0) is 30.5 Å². The second-order valence-electron chi connectivity index (χ2n) is 5.73. The Morgan fingerprint density at radius 3 is 3.00 bits per heavy atom. The van der Waals surface area contributed by atoms with Crippen molar-refractivity contribution >= 4 is 0 Å². The van der Waals surface area contributed by atoms with Gasteiger partial charge in [0.1, 0.15) is 17.4 Å². The highest BCUT2D eigenvalue weighted by Gasteiger charge is 2.35. The summed E-state index contributed by atoms with van der Waals surface area (Å²) >= 11 is 0. The second-order valence-corrected chi connectivity index (χ2v) is 5.73. The van der Waals surface area contributed by atoms with Crippen molar-refractivity contribution in [3.63, 3.8) is 0 Å². The smallest absolute Gasteiger partial charge is 0.244 e. The van der Waals surface area contributed by atoms with E-state index in [2.05, 4.69) is 23.2 Å². The highest BCUT2D eigenvalue weighted by Crippen LogP contribution is 2.43. The summed E-state index contributed by atoms with van der Waals surface area (Å²) in [6, 6.07) is 9.85. The van der Waals surface area contributed by atoms with E-state index in [1.807, 2.05) is 24.3 Å². The van der Waals surface area contributed by atoms with Gasteiger partial charge in [-0.2, -0.15) is 5.26 Å². The number of unbranched alkanes of at least 4 members (excludes halogenated alkanes) is 1. The maximum Gasteiger partial charge on any atom is 0.244 e. The predicted molar refractivity (Wildman–Crippen MR) is 89.5 cm³/mol. The number of benzene rings is 1. The molecule has 6 heteroatoms. The maximum absolute atomic E-state index is 9.62. The molecule has 124 valence electrons. The Morgan fingerprint density at radius 1 is 1.46 bits per heavy atom. The van der Waals surface area contributed by atoms with Crippen molar-refractivity contribution in [3.05, 3.63) is 52.5 Å². The summed E-state index contributed by atoms with van der Waals surface area (Å²) in [5.41, 5.74) is 9.17. The fourth-order valence-electron chi connectivity index (χ4n) is 3.01. The minimum absolute atomic E-state index is 0.103. The Hall–Kier alpha value is -2.94. The van der Waals surface area contributed by atoms with E-state index in [0.29, 0.717) is 11.5 Å². The lowest BCUT2D eigenvalue weighted by molar-refractivity contribution is 0.378. The molecular formula is C18H20N4O2. The predicted octanol–water partition coefficient (Wildman–Crippen LogP) is 2.98. The zero-order chi connectivity index (χ0) is 17.1. The van der Waals surface area contributed by atoms with E-state index in [4.69, 9.17) is 15.2 Å². The molecule has 0 amide bonds. The third-order valence-corrected chi connectivity index (χ3v) is 4.23. The molecule has 2 aromatic rings. The van der Waals surface area contributed by atoms with Crippen molar-refractivity contribution < 1.29 is 9.47 Å². The fourth-order valence-corrected chi connectivity index (χ4v) is 3.01. The summed E-state index contributed by atoms with van der Waals surface area (Å²) in [6.07, 6.45) is 2.95. The topological polar surface area (TPSA) is 97.0 Å². The minimum Gasteiger partial charge on any atom is -0.497 e. The van der Waals surface area contributed by atoms with Gasteiger partial charge in [0.2, 0.25) is 11.8 Å². The largest absolute Gasteiger partial charge is 0.497 e. The molecule has 1 aliphatic heterocycles. The molecule has 3 N–H and O–H groups in total. The molecule has 1 unspecified atom stereocenters. The number of hydrogen-bond acceptors (Lipinski definition) is 5. The van der Waals surface area contributed by atoms with Gasteiger partial charge in [-0.25, -0.2) is 0 Å². The molecule has 0 fully saturated rings.